The molecule has 7 nitrogen and oxygen atoms in total. The minimum absolute atomic E-state index is 0.247. The van der Waals surface area contributed by atoms with E-state index >= 15 is 0 Å². The van der Waals surface area contributed by atoms with Crippen molar-refractivity contribution >= 4 is 56.5 Å². The number of nitrogens with one attached hydrogen (secondary N) is 1. The number of rotatable bonds is 7. The lowest BCUT2D eigenvalue weighted by molar-refractivity contribution is -0.119. The highest BCUT2D eigenvalue weighted by Gasteiger charge is 2.12. The number of benzene rings is 2. The predicted molar refractivity (Wildman–Crippen MR) is 110 cm³/mol. The molecule has 2 aromatic rings. The minimum Gasteiger partial charge on any atom is -0.493 e. The maximum Gasteiger partial charge on any atom is 0.271 e. The van der Waals surface area contributed by atoms with Gasteiger partial charge in [-0.05, 0) is 64.6 Å². The van der Waals surface area contributed by atoms with Gasteiger partial charge in [0.15, 0.2) is 18.1 Å². The van der Waals surface area contributed by atoms with Gasteiger partial charge in [-0.25, -0.2) is 5.43 Å². The van der Waals surface area contributed by atoms with Crippen molar-refractivity contribution in [3.63, 3.8) is 0 Å². The topological polar surface area (TPSA) is 103 Å². The number of ether oxygens (including phenoxy) is 2. The third-order valence-electron chi connectivity index (χ3n) is 3.10. The van der Waals surface area contributed by atoms with Gasteiger partial charge < -0.3 is 15.2 Å². The SMILES string of the molecule is COc1cc(/C=N/NC(=O)c2ccc(Br)cc2)cc(I)c1OCC(N)=O. The monoisotopic (exact) mass is 531 g/mol. The van der Waals surface area contributed by atoms with Crippen LogP contribution >= 0.6 is 38.5 Å². The normalized spacial score (nSPS) is 10.6. The summed E-state index contributed by atoms with van der Waals surface area (Å²) >= 11 is 5.36. The van der Waals surface area contributed by atoms with Crippen LogP contribution in [0.1, 0.15) is 15.9 Å². The van der Waals surface area contributed by atoms with Gasteiger partial charge in [-0.2, -0.15) is 5.10 Å². The molecular weight excluding hydrogens is 517 g/mol. The van der Waals surface area contributed by atoms with Gasteiger partial charge in [0.05, 0.1) is 16.9 Å². The summed E-state index contributed by atoms with van der Waals surface area (Å²) in [4.78, 5) is 22.9. The van der Waals surface area contributed by atoms with Crippen molar-refractivity contribution in [1.29, 1.82) is 0 Å². The largest absolute Gasteiger partial charge is 0.493 e. The number of hydrogen-bond acceptors (Lipinski definition) is 5. The molecule has 0 spiro atoms. The summed E-state index contributed by atoms with van der Waals surface area (Å²) in [5.41, 5.74) is 8.73. The van der Waals surface area contributed by atoms with Crippen molar-refractivity contribution in [3.05, 3.63) is 55.6 Å². The summed E-state index contributed by atoms with van der Waals surface area (Å²) in [7, 11) is 1.48. The molecule has 2 aromatic carbocycles. The number of hydrazone groups is 1. The Kier molecular flexibility index (Phi) is 7.39. The zero-order chi connectivity index (χ0) is 19.1. The van der Waals surface area contributed by atoms with E-state index in [1.165, 1.54) is 13.3 Å². The zero-order valence-electron chi connectivity index (χ0n) is 13.7. The van der Waals surface area contributed by atoms with E-state index in [-0.39, 0.29) is 12.5 Å². The molecular formula is C17H15BrIN3O4. The van der Waals surface area contributed by atoms with Crippen molar-refractivity contribution in [2.75, 3.05) is 13.7 Å². The Bertz CT molecular complexity index is 841. The van der Waals surface area contributed by atoms with E-state index in [1.807, 2.05) is 22.6 Å². The molecule has 0 unspecified atom stereocenters. The van der Waals surface area contributed by atoms with Gasteiger partial charge >= 0.3 is 0 Å². The maximum atomic E-state index is 12.0. The van der Waals surface area contributed by atoms with Crippen molar-refractivity contribution in [3.8, 4) is 11.5 Å². The van der Waals surface area contributed by atoms with Crippen molar-refractivity contribution in [2.24, 2.45) is 10.8 Å². The van der Waals surface area contributed by atoms with E-state index in [4.69, 9.17) is 15.2 Å². The van der Waals surface area contributed by atoms with Gasteiger partial charge in [-0.1, -0.05) is 15.9 Å². The quantitative estimate of drug-likeness (QED) is 0.326. The maximum absolute atomic E-state index is 12.0. The van der Waals surface area contributed by atoms with Gasteiger partial charge in [0.2, 0.25) is 0 Å². The highest BCUT2D eigenvalue weighted by Crippen LogP contribution is 2.33. The smallest absolute Gasteiger partial charge is 0.271 e. The molecule has 0 aliphatic heterocycles. The van der Waals surface area contributed by atoms with Gasteiger partial charge in [0.1, 0.15) is 0 Å². The molecule has 0 heterocycles. The number of hydrogen-bond donors (Lipinski definition) is 2. The zero-order valence-corrected chi connectivity index (χ0v) is 17.4. The average Bonchev–Trinajstić information content (AvgIpc) is 2.60. The first-order chi connectivity index (χ1) is 12.4. The second-order valence-electron chi connectivity index (χ2n) is 5.00. The lowest BCUT2D eigenvalue weighted by atomic mass is 10.2. The molecule has 26 heavy (non-hydrogen) atoms. The number of methoxy groups -OCH3 is 1. The number of amides is 2. The number of nitrogens with two attached hydrogens (primary N) is 1. The number of halogens is 2. The van der Waals surface area contributed by atoms with Crippen molar-refractivity contribution in [1.82, 2.24) is 5.43 Å². The summed E-state index contributed by atoms with van der Waals surface area (Å²) in [6, 6.07) is 10.4. The van der Waals surface area contributed by atoms with E-state index in [9.17, 15) is 9.59 Å². The van der Waals surface area contributed by atoms with Crippen LogP contribution in [-0.2, 0) is 4.79 Å². The second-order valence-corrected chi connectivity index (χ2v) is 7.07. The lowest BCUT2D eigenvalue weighted by Crippen LogP contribution is -2.20. The molecule has 0 saturated heterocycles. The van der Waals surface area contributed by atoms with Crippen LogP contribution in [0.4, 0.5) is 0 Å². The van der Waals surface area contributed by atoms with Crippen LogP contribution in [0.5, 0.6) is 11.5 Å². The lowest BCUT2D eigenvalue weighted by Gasteiger charge is -2.12. The van der Waals surface area contributed by atoms with Crippen LogP contribution in [0, 0.1) is 3.57 Å². The van der Waals surface area contributed by atoms with E-state index in [2.05, 4.69) is 26.5 Å². The van der Waals surface area contributed by atoms with Crippen LogP contribution in [0.15, 0.2) is 46.0 Å². The fourth-order valence-electron chi connectivity index (χ4n) is 1.93. The summed E-state index contributed by atoms with van der Waals surface area (Å²) in [6.45, 7) is -0.247. The molecule has 0 atom stereocenters. The van der Waals surface area contributed by atoms with E-state index in [0.29, 0.717) is 26.2 Å². The molecule has 0 saturated carbocycles. The molecule has 0 fully saturated rings. The summed E-state index contributed by atoms with van der Waals surface area (Å²) in [6.07, 6.45) is 1.49. The number of carbonyl (C=O) groups excluding carboxylic acids is 2. The van der Waals surface area contributed by atoms with Gasteiger partial charge in [-0.15, -0.1) is 0 Å². The van der Waals surface area contributed by atoms with Gasteiger partial charge in [-0.3, -0.25) is 9.59 Å². The number of nitrogens with zero attached hydrogens (tertiary/aromatic N) is 1. The Hall–Kier alpha value is -2.14. The molecule has 9 heteroatoms. The molecule has 0 aliphatic carbocycles. The first kappa shape index (κ1) is 20.2. The van der Waals surface area contributed by atoms with E-state index in [0.717, 1.165) is 4.47 Å². The van der Waals surface area contributed by atoms with Crippen LogP contribution in [-0.4, -0.2) is 31.7 Å². The van der Waals surface area contributed by atoms with Gasteiger partial charge in [0, 0.05) is 10.0 Å². The van der Waals surface area contributed by atoms with E-state index in [1.54, 1.807) is 36.4 Å². The molecule has 3 N–H and O–H groups in total. The van der Waals surface area contributed by atoms with Crippen LogP contribution in [0.3, 0.4) is 0 Å². The molecule has 0 radical (unpaired) electrons. The summed E-state index contributed by atoms with van der Waals surface area (Å²) in [5, 5.41) is 3.95. The Labute approximate surface area is 172 Å². The second kappa shape index (κ2) is 9.53. The Morgan fingerprint density at radius 2 is 2.00 bits per heavy atom. The van der Waals surface area contributed by atoms with E-state index < -0.39 is 5.91 Å². The fourth-order valence-corrected chi connectivity index (χ4v) is 2.97. The van der Waals surface area contributed by atoms with Crippen molar-refractivity contribution < 1.29 is 19.1 Å². The Balaban J connectivity index is 2.09. The molecule has 0 bridgehead atoms. The summed E-state index contributed by atoms with van der Waals surface area (Å²) in [5.74, 6) is -0.0530. The minimum atomic E-state index is -0.579. The molecule has 0 aliphatic rings. The van der Waals surface area contributed by atoms with Crippen LogP contribution < -0.4 is 20.6 Å². The number of carbonyl (C=O) groups is 2. The third kappa shape index (κ3) is 5.70. The predicted octanol–water partition coefficient (Wildman–Crippen LogP) is 2.69. The average molecular weight is 532 g/mol. The molecule has 0 aromatic heterocycles. The molecule has 2 amide bonds. The third-order valence-corrected chi connectivity index (χ3v) is 4.43. The molecule has 136 valence electrons. The first-order valence-electron chi connectivity index (χ1n) is 7.28. The molecule has 2 rings (SSSR count). The highest BCUT2D eigenvalue weighted by molar-refractivity contribution is 14.1. The van der Waals surface area contributed by atoms with Gasteiger partial charge in [0.25, 0.3) is 11.8 Å². The summed E-state index contributed by atoms with van der Waals surface area (Å²) < 4.78 is 12.2. The Morgan fingerprint density at radius 1 is 1.31 bits per heavy atom. The highest BCUT2D eigenvalue weighted by atomic mass is 127. The number of primary amides is 1. The van der Waals surface area contributed by atoms with Crippen LogP contribution in [0.2, 0.25) is 0 Å². The fraction of sp³-hybridized carbons (Fsp3) is 0.118. The first-order valence-corrected chi connectivity index (χ1v) is 9.15. The standard InChI is InChI=1S/C17H15BrIN3O4/c1-25-14-7-10(6-13(19)16(14)26-9-15(20)23)8-21-22-17(24)11-2-4-12(18)5-3-11/h2-8H,9H2,1H3,(H2,20,23)(H,22,24)/b21-8+. The Morgan fingerprint density at radius 3 is 2.62 bits per heavy atom. The van der Waals surface area contributed by atoms with Crippen molar-refractivity contribution in [2.45, 2.75) is 0 Å². The van der Waals surface area contributed by atoms with Crippen LogP contribution in [0.25, 0.3) is 0 Å².